The highest BCUT2D eigenvalue weighted by Crippen LogP contribution is 2.27. The van der Waals surface area contributed by atoms with Crippen LogP contribution in [0.25, 0.3) is 5.69 Å². The van der Waals surface area contributed by atoms with Gasteiger partial charge in [0.2, 0.25) is 0 Å². The van der Waals surface area contributed by atoms with Gasteiger partial charge in [-0.2, -0.15) is 5.10 Å². The molecule has 29 heavy (non-hydrogen) atoms. The molecule has 8 nitrogen and oxygen atoms in total. The average Bonchev–Trinajstić information content (AvgIpc) is 3.11. The third-order valence-electron chi connectivity index (χ3n) is 4.17. The number of para-hydroxylation sites is 3. The molecule has 0 radical (unpaired) electrons. The Morgan fingerprint density at radius 2 is 1.79 bits per heavy atom. The number of amides is 1. The van der Waals surface area contributed by atoms with Gasteiger partial charge in [-0.05, 0) is 18.2 Å². The Morgan fingerprint density at radius 1 is 1.14 bits per heavy atom. The minimum Gasteiger partial charge on any atom is -0.477 e. The highest BCUT2D eigenvalue weighted by molar-refractivity contribution is 5.91. The Kier molecular flexibility index (Phi) is 5.63. The molecule has 1 N–H and O–H groups in total. The lowest BCUT2D eigenvalue weighted by molar-refractivity contribution is -0.385. The summed E-state index contributed by atoms with van der Waals surface area (Å²) in [6.07, 6.45) is 0. The quantitative estimate of drug-likeness (QED) is 0.501. The van der Waals surface area contributed by atoms with Gasteiger partial charge in [-0.3, -0.25) is 14.9 Å². The molecule has 3 aromatic rings. The number of nitrogens with zero attached hydrogens (tertiary/aromatic N) is 3. The first-order valence-corrected chi connectivity index (χ1v) is 9.08. The number of nitro benzene ring substituents is 1. The smallest absolute Gasteiger partial charge is 0.310 e. The molecule has 0 unspecified atom stereocenters. The van der Waals surface area contributed by atoms with Crippen molar-refractivity contribution in [2.75, 3.05) is 11.9 Å². The predicted octanol–water partition coefficient (Wildman–Crippen LogP) is 4.10. The number of carbonyl (C=O) groups is 1. The zero-order valence-electron chi connectivity index (χ0n) is 16.5. The summed E-state index contributed by atoms with van der Waals surface area (Å²) in [6, 6.07) is 17.2. The van der Waals surface area contributed by atoms with Gasteiger partial charge in [0.15, 0.2) is 12.4 Å². The molecule has 3 rings (SSSR count). The second kappa shape index (κ2) is 8.14. The summed E-state index contributed by atoms with van der Waals surface area (Å²) in [5.74, 6) is 0.0950. The largest absolute Gasteiger partial charge is 0.477 e. The van der Waals surface area contributed by atoms with Crippen LogP contribution in [0.1, 0.15) is 26.5 Å². The topological polar surface area (TPSA) is 99.3 Å². The molecule has 0 saturated heterocycles. The molecule has 1 heterocycles. The first-order chi connectivity index (χ1) is 13.8. The first-order valence-electron chi connectivity index (χ1n) is 9.08. The maximum absolute atomic E-state index is 12.5. The van der Waals surface area contributed by atoms with Crippen LogP contribution < -0.4 is 10.1 Å². The monoisotopic (exact) mass is 394 g/mol. The van der Waals surface area contributed by atoms with Crippen molar-refractivity contribution < 1.29 is 14.5 Å². The van der Waals surface area contributed by atoms with E-state index >= 15 is 0 Å². The maximum atomic E-state index is 12.5. The summed E-state index contributed by atoms with van der Waals surface area (Å²) >= 11 is 0. The van der Waals surface area contributed by atoms with E-state index in [2.05, 4.69) is 10.4 Å². The van der Waals surface area contributed by atoms with Crippen molar-refractivity contribution >= 4 is 17.4 Å². The van der Waals surface area contributed by atoms with Crippen LogP contribution in [0.15, 0.2) is 60.7 Å². The maximum Gasteiger partial charge on any atom is 0.310 e. The zero-order valence-corrected chi connectivity index (χ0v) is 16.5. The summed E-state index contributed by atoms with van der Waals surface area (Å²) in [4.78, 5) is 23.0. The van der Waals surface area contributed by atoms with Gasteiger partial charge in [0.25, 0.3) is 5.91 Å². The number of rotatable bonds is 6. The summed E-state index contributed by atoms with van der Waals surface area (Å²) in [5, 5.41) is 18.5. The Hall–Kier alpha value is -3.68. The summed E-state index contributed by atoms with van der Waals surface area (Å²) < 4.78 is 7.02. The van der Waals surface area contributed by atoms with E-state index in [9.17, 15) is 14.9 Å². The van der Waals surface area contributed by atoms with Crippen LogP contribution in [0.2, 0.25) is 0 Å². The van der Waals surface area contributed by atoms with E-state index in [4.69, 9.17) is 4.74 Å². The number of aromatic nitrogens is 2. The number of hydrogen-bond donors (Lipinski definition) is 1. The van der Waals surface area contributed by atoms with Gasteiger partial charge in [-0.1, -0.05) is 51.1 Å². The predicted molar refractivity (Wildman–Crippen MR) is 109 cm³/mol. The van der Waals surface area contributed by atoms with Crippen LogP contribution in [0.3, 0.4) is 0 Å². The van der Waals surface area contributed by atoms with Crippen molar-refractivity contribution in [2.24, 2.45) is 0 Å². The van der Waals surface area contributed by atoms with Crippen molar-refractivity contribution in [2.45, 2.75) is 26.2 Å². The third kappa shape index (κ3) is 4.78. The SMILES string of the molecule is CC(C)(C)c1cc(NC(=O)COc2ccccc2[N+](=O)[O-])n(-c2ccccc2)n1. The molecule has 1 amide bonds. The van der Waals surface area contributed by atoms with E-state index in [0.29, 0.717) is 5.82 Å². The summed E-state index contributed by atoms with van der Waals surface area (Å²) in [6.45, 7) is 5.74. The molecule has 0 aliphatic rings. The van der Waals surface area contributed by atoms with E-state index in [0.717, 1.165) is 11.4 Å². The van der Waals surface area contributed by atoms with Crippen molar-refractivity contribution in [1.29, 1.82) is 0 Å². The van der Waals surface area contributed by atoms with E-state index < -0.39 is 10.8 Å². The number of benzene rings is 2. The number of nitrogens with one attached hydrogen (secondary N) is 1. The van der Waals surface area contributed by atoms with E-state index in [1.165, 1.54) is 18.2 Å². The minimum absolute atomic E-state index is 0.0413. The number of nitro groups is 1. The highest BCUT2D eigenvalue weighted by Gasteiger charge is 2.22. The Bertz CT molecular complexity index is 1020. The molecule has 0 aliphatic heterocycles. The first kappa shape index (κ1) is 20.1. The van der Waals surface area contributed by atoms with Crippen LogP contribution in [0.5, 0.6) is 5.75 Å². The standard InChI is InChI=1S/C21H22N4O4/c1-21(2,3)18-13-19(24(23-18)15-9-5-4-6-10-15)22-20(26)14-29-17-12-8-7-11-16(17)25(27)28/h4-13H,14H2,1-3H3,(H,22,26). The summed E-state index contributed by atoms with van der Waals surface area (Å²) in [5.41, 5.74) is 1.22. The second-order valence-corrected chi connectivity index (χ2v) is 7.47. The van der Waals surface area contributed by atoms with Gasteiger partial charge in [-0.25, -0.2) is 4.68 Å². The van der Waals surface area contributed by atoms with Gasteiger partial charge < -0.3 is 10.1 Å². The molecular formula is C21H22N4O4. The lowest BCUT2D eigenvalue weighted by atomic mass is 9.92. The minimum atomic E-state index is -0.548. The number of hydrogen-bond acceptors (Lipinski definition) is 5. The lowest BCUT2D eigenvalue weighted by Crippen LogP contribution is -2.22. The van der Waals surface area contributed by atoms with Crippen molar-refractivity contribution in [1.82, 2.24) is 9.78 Å². The van der Waals surface area contributed by atoms with Gasteiger partial charge in [-0.15, -0.1) is 0 Å². The van der Waals surface area contributed by atoms with E-state index in [1.54, 1.807) is 10.7 Å². The average molecular weight is 394 g/mol. The van der Waals surface area contributed by atoms with Crippen LogP contribution in [0, 0.1) is 10.1 Å². The molecular weight excluding hydrogens is 372 g/mol. The lowest BCUT2D eigenvalue weighted by Gasteiger charge is -2.14. The van der Waals surface area contributed by atoms with Crippen molar-refractivity contribution in [3.8, 4) is 11.4 Å². The molecule has 1 aromatic heterocycles. The molecule has 0 saturated carbocycles. The molecule has 150 valence electrons. The Balaban J connectivity index is 1.80. The van der Waals surface area contributed by atoms with Gasteiger partial charge in [0.05, 0.1) is 16.3 Å². The van der Waals surface area contributed by atoms with Gasteiger partial charge >= 0.3 is 5.69 Å². The van der Waals surface area contributed by atoms with E-state index in [-0.39, 0.29) is 23.5 Å². The Labute approximate surface area is 168 Å². The fraction of sp³-hybridized carbons (Fsp3) is 0.238. The molecule has 0 bridgehead atoms. The highest BCUT2D eigenvalue weighted by atomic mass is 16.6. The van der Waals surface area contributed by atoms with Crippen LogP contribution in [-0.4, -0.2) is 27.2 Å². The molecule has 0 spiro atoms. The van der Waals surface area contributed by atoms with Crippen molar-refractivity contribution in [3.05, 3.63) is 76.5 Å². The number of carbonyl (C=O) groups excluding carboxylic acids is 1. The molecule has 8 heteroatoms. The van der Waals surface area contributed by atoms with Gasteiger partial charge in [0.1, 0.15) is 5.82 Å². The normalized spacial score (nSPS) is 11.1. The molecule has 0 fully saturated rings. The van der Waals surface area contributed by atoms with Crippen LogP contribution >= 0.6 is 0 Å². The Morgan fingerprint density at radius 3 is 2.45 bits per heavy atom. The fourth-order valence-corrected chi connectivity index (χ4v) is 2.65. The van der Waals surface area contributed by atoms with Crippen LogP contribution in [0.4, 0.5) is 11.5 Å². The molecule has 0 aliphatic carbocycles. The number of ether oxygens (including phenoxy) is 1. The second-order valence-electron chi connectivity index (χ2n) is 7.47. The fourth-order valence-electron chi connectivity index (χ4n) is 2.65. The molecule has 2 aromatic carbocycles. The van der Waals surface area contributed by atoms with E-state index in [1.807, 2.05) is 57.2 Å². The zero-order chi connectivity index (χ0) is 21.0. The van der Waals surface area contributed by atoms with Crippen LogP contribution in [-0.2, 0) is 10.2 Å². The van der Waals surface area contributed by atoms with Crippen molar-refractivity contribution in [3.63, 3.8) is 0 Å². The number of anilines is 1. The summed E-state index contributed by atoms with van der Waals surface area (Å²) in [7, 11) is 0. The third-order valence-corrected chi connectivity index (χ3v) is 4.17. The molecule has 0 atom stereocenters. The van der Waals surface area contributed by atoms with Gasteiger partial charge in [0, 0.05) is 17.5 Å².